The fourth-order valence-corrected chi connectivity index (χ4v) is 9.75. The van der Waals surface area contributed by atoms with Gasteiger partial charge < -0.3 is 4.57 Å². The molecular formula is C55H69N. The fourth-order valence-electron chi connectivity index (χ4n) is 9.75. The van der Waals surface area contributed by atoms with Crippen molar-refractivity contribution < 1.29 is 0 Å². The zero-order valence-corrected chi connectivity index (χ0v) is 36.2. The molecule has 1 aliphatic rings. The maximum absolute atomic E-state index is 2.60. The molecule has 0 radical (unpaired) electrons. The van der Waals surface area contributed by atoms with Gasteiger partial charge in [0.2, 0.25) is 0 Å². The number of fused-ring (bicyclic) bond motifs is 6. The van der Waals surface area contributed by atoms with Gasteiger partial charge in [-0.25, -0.2) is 0 Å². The highest BCUT2D eigenvalue weighted by atomic mass is 15.0. The maximum atomic E-state index is 2.60. The summed E-state index contributed by atoms with van der Waals surface area (Å²) in [4.78, 5) is 0. The van der Waals surface area contributed by atoms with Crippen molar-refractivity contribution in [3.63, 3.8) is 0 Å². The van der Waals surface area contributed by atoms with Crippen LogP contribution in [0.5, 0.6) is 0 Å². The van der Waals surface area contributed by atoms with E-state index < -0.39 is 0 Å². The van der Waals surface area contributed by atoms with E-state index in [9.17, 15) is 0 Å². The highest BCUT2D eigenvalue weighted by Gasteiger charge is 2.42. The second-order valence-corrected chi connectivity index (χ2v) is 19.3. The summed E-state index contributed by atoms with van der Waals surface area (Å²) in [5.74, 6) is 0. The summed E-state index contributed by atoms with van der Waals surface area (Å²) in [6.07, 6.45) is 18.6. The molecule has 1 nitrogen and oxygen atoms in total. The van der Waals surface area contributed by atoms with Gasteiger partial charge in [0.1, 0.15) is 0 Å². The predicted molar refractivity (Wildman–Crippen MR) is 246 cm³/mol. The lowest BCUT2D eigenvalue weighted by atomic mass is 9.70. The summed E-state index contributed by atoms with van der Waals surface area (Å²) in [6, 6.07) is 40.6. The van der Waals surface area contributed by atoms with E-state index in [-0.39, 0.29) is 16.2 Å². The average molecular weight is 744 g/mol. The third kappa shape index (κ3) is 8.03. The van der Waals surface area contributed by atoms with Crippen LogP contribution in [0.3, 0.4) is 0 Å². The van der Waals surface area contributed by atoms with Gasteiger partial charge in [0.25, 0.3) is 0 Å². The summed E-state index contributed by atoms with van der Waals surface area (Å²) in [7, 11) is 0. The first-order valence-corrected chi connectivity index (χ1v) is 22.4. The van der Waals surface area contributed by atoms with Gasteiger partial charge in [-0.2, -0.15) is 0 Å². The van der Waals surface area contributed by atoms with E-state index in [1.165, 1.54) is 151 Å². The smallest absolute Gasteiger partial charge is 0.0541 e. The van der Waals surface area contributed by atoms with Crippen molar-refractivity contribution in [1.82, 2.24) is 4.57 Å². The minimum absolute atomic E-state index is 0.0873. The quantitative estimate of drug-likeness (QED) is 0.0870. The van der Waals surface area contributed by atoms with Crippen molar-refractivity contribution in [2.45, 2.75) is 162 Å². The van der Waals surface area contributed by atoms with E-state index in [4.69, 9.17) is 0 Å². The van der Waals surface area contributed by atoms with Crippen molar-refractivity contribution in [3.8, 4) is 27.9 Å². The van der Waals surface area contributed by atoms with Crippen molar-refractivity contribution in [2.75, 3.05) is 0 Å². The summed E-state index contributed by atoms with van der Waals surface area (Å²) < 4.78 is 2.48. The Morgan fingerprint density at radius 2 is 0.929 bits per heavy atom. The van der Waals surface area contributed by atoms with E-state index in [0.717, 1.165) is 0 Å². The predicted octanol–water partition coefficient (Wildman–Crippen LogP) is 16.8. The van der Waals surface area contributed by atoms with E-state index in [1.807, 2.05) is 0 Å². The summed E-state index contributed by atoms with van der Waals surface area (Å²) in [6.45, 7) is 18.5. The number of hydrogen-bond acceptors (Lipinski definition) is 0. The van der Waals surface area contributed by atoms with Gasteiger partial charge in [-0.1, -0.05) is 193 Å². The number of nitrogens with zero attached hydrogens (tertiary/aromatic N) is 1. The lowest BCUT2D eigenvalue weighted by molar-refractivity contribution is 0.398. The first-order chi connectivity index (χ1) is 27.0. The molecule has 1 aliphatic carbocycles. The molecule has 1 heterocycles. The Morgan fingerprint density at radius 3 is 1.46 bits per heavy atom. The highest BCUT2D eigenvalue weighted by molar-refractivity contribution is 6.10. The molecule has 0 saturated heterocycles. The summed E-state index contributed by atoms with van der Waals surface area (Å²) in [5.41, 5.74) is 15.5. The molecule has 0 fully saturated rings. The lowest BCUT2D eigenvalue weighted by Crippen LogP contribution is -2.25. The van der Waals surface area contributed by atoms with E-state index in [2.05, 4.69) is 163 Å². The number of aromatic nitrogens is 1. The standard InChI is InChI=1S/C55H69N/c1-9-11-13-15-17-21-35-55(36-22-18-16-14-12-10-2)49-24-20-19-23-45(49)46-32-27-41(37-50(46)55)40-25-30-44(31-26-40)56-51-33-28-42(53(3,4)5)38-47(51)48-39-43(54(6,7)8)29-34-52(48)56/h19-20,23-34,37-39H,9-18,21-22,35-36H2,1-8H3. The van der Waals surface area contributed by atoms with Crippen LogP contribution in [-0.2, 0) is 16.2 Å². The molecule has 0 saturated carbocycles. The Hall–Kier alpha value is -4.10. The van der Waals surface area contributed by atoms with Crippen LogP contribution >= 0.6 is 0 Å². The van der Waals surface area contributed by atoms with Crippen LogP contribution in [0.1, 0.15) is 168 Å². The molecule has 0 bridgehead atoms. The zero-order chi connectivity index (χ0) is 39.5. The lowest BCUT2D eigenvalue weighted by Gasteiger charge is -2.33. The molecule has 0 N–H and O–H groups in total. The van der Waals surface area contributed by atoms with Gasteiger partial charge in [0, 0.05) is 21.9 Å². The second kappa shape index (κ2) is 16.8. The van der Waals surface area contributed by atoms with Crippen LogP contribution in [0, 0.1) is 0 Å². The average Bonchev–Trinajstić information content (AvgIpc) is 3.66. The normalized spacial score (nSPS) is 13.8. The van der Waals surface area contributed by atoms with Crippen LogP contribution in [0.4, 0.5) is 0 Å². The minimum atomic E-state index is 0.0873. The first-order valence-electron chi connectivity index (χ1n) is 22.4. The van der Waals surface area contributed by atoms with Gasteiger partial charge >= 0.3 is 0 Å². The van der Waals surface area contributed by atoms with Crippen LogP contribution in [0.2, 0.25) is 0 Å². The molecule has 7 rings (SSSR count). The van der Waals surface area contributed by atoms with Crippen molar-refractivity contribution in [3.05, 3.63) is 125 Å². The van der Waals surface area contributed by atoms with Gasteiger partial charge in [0.05, 0.1) is 11.0 Å². The second-order valence-electron chi connectivity index (χ2n) is 19.3. The number of unbranched alkanes of at least 4 members (excludes halogenated alkanes) is 10. The Bertz CT molecular complexity index is 2160. The number of rotatable bonds is 16. The topological polar surface area (TPSA) is 4.93 Å². The number of benzene rings is 5. The Morgan fingerprint density at radius 1 is 0.446 bits per heavy atom. The third-order valence-corrected chi connectivity index (χ3v) is 13.1. The maximum Gasteiger partial charge on any atom is 0.0541 e. The van der Waals surface area contributed by atoms with Gasteiger partial charge in [0.15, 0.2) is 0 Å². The van der Waals surface area contributed by atoms with Crippen molar-refractivity contribution >= 4 is 21.8 Å². The monoisotopic (exact) mass is 744 g/mol. The fraction of sp³-hybridized carbons (Fsp3) is 0.455. The van der Waals surface area contributed by atoms with Gasteiger partial charge in [-0.3, -0.25) is 0 Å². The van der Waals surface area contributed by atoms with Crippen LogP contribution < -0.4 is 0 Å². The van der Waals surface area contributed by atoms with Gasteiger partial charge in [-0.15, -0.1) is 0 Å². The molecular weight excluding hydrogens is 675 g/mol. The van der Waals surface area contributed by atoms with E-state index in [1.54, 1.807) is 11.1 Å². The molecule has 294 valence electrons. The molecule has 0 spiro atoms. The number of hydrogen-bond donors (Lipinski definition) is 0. The van der Waals surface area contributed by atoms with Crippen LogP contribution in [-0.4, -0.2) is 4.57 Å². The molecule has 0 unspecified atom stereocenters. The molecule has 56 heavy (non-hydrogen) atoms. The molecule has 6 aromatic rings. The van der Waals surface area contributed by atoms with Crippen LogP contribution in [0.15, 0.2) is 103 Å². The van der Waals surface area contributed by atoms with Crippen molar-refractivity contribution in [1.29, 1.82) is 0 Å². The molecule has 1 heteroatoms. The highest BCUT2D eigenvalue weighted by Crippen LogP contribution is 2.55. The Labute approximate surface area is 340 Å². The largest absolute Gasteiger partial charge is 0.309 e. The Kier molecular flexibility index (Phi) is 12.0. The molecule has 0 aliphatic heterocycles. The van der Waals surface area contributed by atoms with Crippen LogP contribution in [0.25, 0.3) is 49.7 Å². The summed E-state index contributed by atoms with van der Waals surface area (Å²) >= 11 is 0. The summed E-state index contributed by atoms with van der Waals surface area (Å²) in [5, 5.41) is 2.68. The van der Waals surface area contributed by atoms with Gasteiger partial charge in [-0.05, 0) is 111 Å². The minimum Gasteiger partial charge on any atom is -0.309 e. The SMILES string of the molecule is CCCCCCCCC1(CCCCCCCC)c2ccccc2-c2ccc(-c3ccc(-n4c5ccc(C(C)(C)C)cc5c5cc(C(C)(C)C)ccc54)cc3)cc21. The van der Waals surface area contributed by atoms with E-state index >= 15 is 0 Å². The van der Waals surface area contributed by atoms with Crippen molar-refractivity contribution in [2.24, 2.45) is 0 Å². The molecule has 1 aromatic heterocycles. The molecule has 5 aromatic carbocycles. The molecule has 0 atom stereocenters. The van der Waals surface area contributed by atoms with E-state index in [0.29, 0.717) is 0 Å². The third-order valence-electron chi connectivity index (χ3n) is 13.1. The zero-order valence-electron chi connectivity index (χ0n) is 36.2. The first kappa shape index (κ1) is 40.1. The Balaban J connectivity index is 1.26. The molecule has 0 amide bonds.